The van der Waals surface area contributed by atoms with Crippen molar-refractivity contribution < 1.29 is 17.9 Å². The van der Waals surface area contributed by atoms with Gasteiger partial charge in [0, 0.05) is 12.2 Å². The van der Waals surface area contributed by atoms with Crippen LogP contribution >= 0.6 is 0 Å². The van der Waals surface area contributed by atoms with Crippen molar-refractivity contribution in [2.45, 2.75) is 90.9 Å². The van der Waals surface area contributed by atoms with E-state index in [-0.39, 0.29) is 0 Å². The molecule has 0 aliphatic carbocycles. The highest BCUT2D eigenvalue weighted by Gasteiger charge is 2.21. The summed E-state index contributed by atoms with van der Waals surface area (Å²) in [5, 5.41) is 0. The lowest BCUT2D eigenvalue weighted by atomic mass is 9.93. The number of unbranched alkanes of at least 4 members (excludes halogenated alkanes) is 7. The van der Waals surface area contributed by atoms with E-state index in [2.05, 4.69) is 13.8 Å². The van der Waals surface area contributed by atoms with Gasteiger partial charge in [0.2, 0.25) is 0 Å². The number of nitrogens with one attached hydrogen (secondary N) is 1. The molecule has 24 heavy (non-hydrogen) atoms. The van der Waals surface area contributed by atoms with Crippen LogP contribution in [-0.2, 0) is 10.1 Å². The maximum Gasteiger partial charge on any atom is 0.0916 e. The van der Waals surface area contributed by atoms with Crippen molar-refractivity contribution in [3.63, 3.8) is 0 Å². The minimum absolute atomic E-state index is 0.604. The molecular weight excluding hydrogens is 322 g/mol. The Hall–Kier alpha value is -0.130. The third-order valence-corrected chi connectivity index (χ3v) is 4.80. The second-order valence-corrected chi connectivity index (χ2v) is 8.84. The first-order valence-corrected chi connectivity index (χ1v) is 11.9. The van der Waals surface area contributed by atoms with Crippen LogP contribution in [0.15, 0.2) is 0 Å². The predicted octanol–water partition coefficient (Wildman–Crippen LogP) is 3.38. The molecule has 0 aromatic heterocycles. The Labute approximate surface area is 151 Å². The SMILES string of the molecule is CCCCCCCCCC[NH+]1CCCC(CCC)C1.CS(=O)(=O)[O-]. The average molecular weight is 364 g/mol. The van der Waals surface area contributed by atoms with Crippen molar-refractivity contribution in [2.24, 2.45) is 5.92 Å². The molecule has 1 aliphatic rings. The van der Waals surface area contributed by atoms with Crippen LogP contribution in [0.1, 0.15) is 90.9 Å². The number of hydrogen-bond donors (Lipinski definition) is 1. The summed E-state index contributed by atoms with van der Waals surface area (Å²) in [5.41, 5.74) is 0. The van der Waals surface area contributed by atoms with Crippen LogP contribution in [-0.4, -0.2) is 38.9 Å². The van der Waals surface area contributed by atoms with Gasteiger partial charge in [0.1, 0.15) is 0 Å². The molecule has 0 aromatic rings. The Balaban J connectivity index is 0.000000922. The molecule has 0 bridgehead atoms. The molecule has 5 heteroatoms. The fourth-order valence-electron chi connectivity index (χ4n) is 3.64. The van der Waals surface area contributed by atoms with Crippen LogP contribution in [0, 0.1) is 5.92 Å². The van der Waals surface area contributed by atoms with Crippen LogP contribution in [0.4, 0.5) is 0 Å². The van der Waals surface area contributed by atoms with Gasteiger partial charge in [0.15, 0.2) is 0 Å². The third-order valence-electron chi connectivity index (χ3n) is 4.80. The van der Waals surface area contributed by atoms with Gasteiger partial charge < -0.3 is 9.45 Å². The van der Waals surface area contributed by atoms with E-state index in [0.29, 0.717) is 6.26 Å². The van der Waals surface area contributed by atoms with Crippen LogP contribution in [0.25, 0.3) is 0 Å². The zero-order chi connectivity index (χ0) is 18.3. The smallest absolute Gasteiger partial charge is 0.0916 e. The first-order valence-electron chi connectivity index (χ1n) is 10.1. The van der Waals surface area contributed by atoms with Gasteiger partial charge in [-0.3, -0.25) is 0 Å². The van der Waals surface area contributed by atoms with Gasteiger partial charge in [-0.05, 0) is 32.1 Å². The van der Waals surface area contributed by atoms with Crippen molar-refractivity contribution in [1.29, 1.82) is 0 Å². The van der Waals surface area contributed by atoms with Gasteiger partial charge in [-0.2, -0.15) is 0 Å². The zero-order valence-corrected chi connectivity index (χ0v) is 17.1. The van der Waals surface area contributed by atoms with E-state index in [1.54, 1.807) is 0 Å². The molecule has 1 heterocycles. The largest absolute Gasteiger partial charge is 0.748 e. The summed E-state index contributed by atoms with van der Waals surface area (Å²) >= 11 is 0. The molecular formula is C19H41NO3S. The lowest BCUT2D eigenvalue weighted by Crippen LogP contribution is -3.13. The maximum absolute atomic E-state index is 9.08. The van der Waals surface area contributed by atoms with Gasteiger partial charge in [0.25, 0.3) is 0 Å². The van der Waals surface area contributed by atoms with E-state index in [4.69, 9.17) is 13.0 Å². The Kier molecular flexibility index (Phi) is 15.1. The lowest BCUT2D eigenvalue weighted by Gasteiger charge is -2.29. The molecule has 2 unspecified atom stereocenters. The van der Waals surface area contributed by atoms with Crippen LogP contribution in [0.2, 0.25) is 0 Å². The molecule has 1 fully saturated rings. The Morgan fingerprint density at radius 3 is 2.04 bits per heavy atom. The van der Waals surface area contributed by atoms with Gasteiger partial charge in [0.05, 0.1) is 29.8 Å². The highest BCUT2D eigenvalue weighted by Crippen LogP contribution is 2.13. The minimum Gasteiger partial charge on any atom is -0.748 e. The second kappa shape index (κ2) is 15.2. The Morgan fingerprint density at radius 2 is 1.50 bits per heavy atom. The summed E-state index contributed by atoms with van der Waals surface area (Å²) in [7, 11) is -3.92. The molecule has 0 amide bonds. The maximum atomic E-state index is 9.08. The molecule has 0 aromatic carbocycles. The minimum atomic E-state index is -3.92. The van der Waals surface area contributed by atoms with E-state index in [9.17, 15) is 0 Å². The van der Waals surface area contributed by atoms with Gasteiger partial charge in [-0.15, -0.1) is 0 Å². The van der Waals surface area contributed by atoms with Crippen LogP contribution in [0.5, 0.6) is 0 Å². The molecule has 2 atom stereocenters. The molecule has 0 spiro atoms. The van der Waals surface area contributed by atoms with Crippen molar-refractivity contribution in [1.82, 2.24) is 0 Å². The Bertz CT molecular complexity index is 361. The van der Waals surface area contributed by atoms with E-state index in [1.807, 2.05) is 4.90 Å². The summed E-state index contributed by atoms with van der Waals surface area (Å²) in [4.78, 5) is 1.91. The van der Waals surface area contributed by atoms with E-state index >= 15 is 0 Å². The lowest BCUT2D eigenvalue weighted by molar-refractivity contribution is -0.909. The average Bonchev–Trinajstić information content (AvgIpc) is 2.49. The van der Waals surface area contributed by atoms with E-state index in [0.717, 1.165) is 5.92 Å². The Morgan fingerprint density at radius 1 is 0.958 bits per heavy atom. The third kappa shape index (κ3) is 18.2. The summed E-state index contributed by atoms with van der Waals surface area (Å²) in [5.74, 6) is 1.04. The van der Waals surface area contributed by atoms with Crippen molar-refractivity contribution in [3.05, 3.63) is 0 Å². The second-order valence-electron chi connectivity index (χ2n) is 7.43. The monoisotopic (exact) mass is 363 g/mol. The van der Waals surface area contributed by atoms with E-state index < -0.39 is 10.1 Å². The van der Waals surface area contributed by atoms with Crippen LogP contribution < -0.4 is 4.90 Å². The molecule has 0 radical (unpaired) electrons. The fraction of sp³-hybridized carbons (Fsp3) is 1.00. The topological polar surface area (TPSA) is 61.6 Å². The zero-order valence-electron chi connectivity index (χ0n) is 16.3. The quantitative estimate of drug-likeness (QED) is 0.452. The van der Waals surface area contributed by atoms with Crippen molar-refractivity contribution >= 4 is 10.1 Å². The van der Waals surface area contributed by atoms with Crippen molar-refractivity contribution in [2.75, 3.05) is 25.9 Å². The summed E-state index contributed by atoms with van der Waals surface area (Å²) in [6, 6.07) is 0. The van der Waals surface area contributed by atoms with Crippen LogP contribution in [0.3, 0.4) is 0 Å². The molecule has 146 valence electrons. The summed E-state index contributed by atoms with van der Waals surface area (Å²) in [6.45, 7) is 9.02. The number of hydrogen-bond acceptors (Lipinski definition) is 3. The number of likely N-dealkylation sites (tertiary alicyclic amines) is 1. The number of piperidine rings is 1. The molecule has 1 N–H and O–H groups in total. The van der Waals surface area contributed by atoms with Gasteiger partial charge in [-0.25, -0.2) is 8.42 Å². The highest BCUT2D eigenvalue weighted by molar-refractivity contribution is 7.84. The highest BCUT2D eigenvalue weighted by atomic mass is 32.2. The number of rotatable bonds is 11. The first kappa shape index (κ1) is 23.9. The summed E-state index contributed by atoms with van der Waals surface area (Å²) < 4.78 is 27.2. The first-order chi connectivity index (χ1) is 11.4. The van der Waals surface area contributed by atoms with Crippen molar-refractivity contribution in [3.8, 4) is 0 Å². The summed E-state index contributed by atoms with van der Waals surface area (Å²) in [6.07, 6.45) is 18.1. The normalized spacial score (nSPS) is 21.2. The number of quaternary nitrogens is 1. The predicted molar refractivity (Wildman–Crippen MR) is 101 cm³/mol. The molecule has 1 saturated heterocycles. The standard InChI is InChI=1S/C18H37N.CH4O3S/c1-3-5-6-7-8-9-10-11-15-19-16-12-14-18(17-19)13-4-2;1-5(2,3)4/h18H,3-17H2,1-2H3;1H3,(H,2,3,4). The van der Waals surface area contributed by atoms with Gasteiger partial charge in [-0.1, -0.05) is 58.8 Å². The van der Waals surface area contributed by atoms with E-state index in [1.165, 1.54) is 96.7 Å². The fourth-order valence-corrected chi connectivity index (χ4v) is 3.64. The molecule has 1 aliphatic heterocycles. The molecule has 1 rings (SSSR count). The molecule has 0 saturated carbocycles. The van der Waals surface area contributed by atoms with Gasteiger partial charge >= 0.3 is 0 Å². The molecule has 4 nitrogen and oxygen atoms in total.